The van der Waals surface area contributed by atoms with Crippen molar-refractivity contribution < 1.29 is 0 Å². The second-order valence-corrected chi connectivity index (χ2v) is 9.64. The van der Waals surface area contributed by atoms with Crippen LogP contribution in [-0.4, -0.2) is 41.6 Å². The van der Waals surface area contributed by atoms with Crippen LogP contribution in [0.5, 0.6) is 0 Å². The molecule has 0 saturated heterocycles. The van der Waals surface area contributed by atoms with Gasteiger partial charge in [0.25, 0.3) is 0 Å². The van der Waals surface area contributed by atoms with Crippen LogP contribution in [-0.2, 0) is 6.54 Å². The third-order valence-electron chi connectivity index (χ3n) is 6.86. The minimum absolute atomic E-state index is 0.439. The van der Waals surface area contributed by atoms with E-state index in [4.69, 9.17) is 9.97 Å². The highest BCUT2D eigenvalue weighted by Gasteiger charge is 2.22. The maximum absolute atomic E-state index is 4.81. The molecule has 4 aromatic rings. The third kappa shape index (κ3) is 4.81. The summed E-state index contributed by atoms with van der Waals surface area (Å²) in [5.74, 6) is 2.44. The van der Waals surface area contributed by atoms with Gasteiger partial charge in [0, 0.05) is 49.2 Å². The molecule has 33 heavy (non-hydrogen) atoms. The Morgan fingerprint density at radius 1 is 1.00 bits per heavy atom. The monoisotopic (exact) mass is 442 g/mol. The number of fused-ring (bicyclic) bond motifs is 2. The summed E-state index contributed by atoms with van der Waals surface area (Å²) >= 11 is 0. The zero-order valence-electron chi connectivity index (χ0n) is 19.9. The normalized spacial score (nSPS) is 18.6. The van der Waals surface area contributed by atoms with Crippen molar-refractivity contribution in [2.45, 2.75) is 45.2 Å². The number of benzene rings is 2. The lowest BCUT2D eigenvalue weighted by Gasteiger charge is -2.29. The molecule has 0 aliphatic heterocycles. The van der Waals surface area contributed by atoms with Crippen LogP contribution in [0, 0.1) is 12.8 Å². The number of nitrogens with zero attached hydrogens (tertiary/aromatic N) is 3. The summed E-state index contributed by atoms with van der Waals surface area (Å²) in [6.07, 6.45) is 6.92. The molecular formula is C27H34N6. The topological polar surface area (TPSA) is 68.9 Å². The standard InChI is InChI=1S/C27H34N6/c1-18-8-13-22-20(17-29-25(22)14-18)16-28-15-19-9-11-21(12-10-19)30-27-31-24-7-5-4-6-23(24)26(32-27)33(2)3/h4-8,13-14,17,19,21,28-29H,9-12,15-16H2,1-3H3,(H,30,31,32). The summed E-state index contributed by atoms with van der Waals surface area (Å²) in [5, 5.41) is 9.73. The van der Waals surface area contributed by atoms with Crippen molar-refractivity contribution >= 4 is 33.6 Å². The summed E-state index contributed by atoms with van der Waals surface area (Å²) in [6, 6.07) is 15.3. The first-order valence-electron chi connectivity index (χ1n) is 12.0. The van der Waals surface area contributed by atoms with E-state index in [1.807, 2.05) is 26.2 Å². The Morgan fingerprint density at radius 3 is 2.64 bits per heavy atom. The maximum Gasteiger partial charge on any atom is 0.225 e. The second kappa shape index (κ2) is 9.40. The van der Waals surface area contributed by atoms with Gasteiger partial charge in [0.05, 0.1) is 5.52 Å². The number of rotatable bonds is 7. The SMILES string of the molecule is Cc1ccc2c(CNCC3CCC(Nc4nc(N(C)C)c5ccccc5n4)CC3)c[nH]c2c1. The highest BCUT2D eigenvalue weighted by Crippen LogP contribution is 2.28. The van der Waals surface area contributed by atoms with E-state index < -0.39 is 0 Å². The van der Waals surface area contributed by atoms with Crippen LogP contribution in [0.15, 0.2) is 48.7 Å². The zero-order chi connectivity index (χ0) is 22.8. The minimum atomic E-state index is 0.439. The predicted octanol–water partition coefficient (Wildman–Crippen LogP) is 5.25. The van der Waals surface area contributed by atoms with Crippen molar-refractivity contribution in [3.8, 4) is 0 Å². The molecule has 5 rings (SSSR count). The molecule has 172 valence electrons. The second-order valence-electron chi connectivity index (χ2n) is 9.64. The number of aryl methyl sites for hydroxylation is 1. The van der Waals surface area contributed by atoms with E-state index in [0.29, 0.717) is 6.04 Å². The largest absolute Gasteiger partial charge is 0.362 e. The molecule has 2 aromatic carbocycles. The van der Waals surface area contributed by atoms with Gasteiger partial charge in [-0.15, -0.1) is 0 Å². The first-order valence-corrected chi connectivity index (χ1v) is 12.0. The Balaban J connectivity index is 1.14. The molecule has 0 amide bonds. The summed E-state index contributed by atoms with van der Waals surface area (Å²) in [7, 11) is 4.07. The summed E-state index contributed by atoms with van der Waals surface area (Å²) in [5.41, 5.74) is 4.86. The molecular weight excluding hydrogens is 408 g/mol. The molecule has 0 unspecified atom stereocenters. The maximum atomic E-state index is 4.81. The van der Waals surface area contributed by atoms with E-state index >= 15 is 0 Å². The summed E-state index contributed by atoms with van der Waals surface area (Å²) in [4.78, 5) is 15.1. The zero-order valence-corrected chi connectivity index (χ0v) is 19.9. The van der Waals surface area contributed by atoms with Gasteiger partial charge in [-0.05, 0) is 74.4 Å². The van der Waals surface area contributed by atoms with Gasteiger partial charge < -0.3 is 20.5 Å². The third-order valence-corrected chi connectivity index (χ3v) is 6.86. The van der Waals surface area contributed by atoms with Gasteiger partial charge >= 0.3 is 0 Å². The molecule has 2 aromatic heterocycles. The Bertz CT molecular complexity index is 1240. The molecule has 1 saturated carbocycles. The fraction of sp³-hybridized carbons (Fsp3) is 0.407. The van der Waals surface area contributed by atoms with Gasteiger partial charge in [0.15, 0.2) is 0 Å². The van der Waals surface area contributed by atoms with Crippen LogP contribution in [0.2, 0.25) is 0 Å². The molecule has 0 bridgehead atoms. The fourth-order valence-electron chi connectivity index (χ4n) is 5.02. The molecule has 2 heterocycles. The highest BCUT2D eigenvalue weighted by molar-refractivity contribution is 5.90. The molecule has 6 nitrogen and oxygen atoms in total. The van der Waals surface area contributed by atoms with Crippen LogP contribution in [0.1, 0.15) is 36.8 Å². The molecule has 0 spiro atoms. The molecule has 1 aliphatic rings. The number of aromatic nitrogens is 3. The molecule has 0 radical (unpaired) electrons. The molecule has 0 atom stereocenters. The van der Waals surface area contributed by atoms with Crippen molar-refractivity contribution in [1.82, 2.24) is 20.3 Å². The van der Waals surface area contributed by atoms with E-state index in [-0.39, 0.29) is 0 Å². The Hall–Kier alpha value is -3.12. The van der Waals surface area contributed by atoms with E-state index in [1.54, 1.807) is 0 Å². The molecule has 1 fully saturated rings. The first kappa shape index (κ1) is 21.7. The smallest absolute Gasteiger partial charge is 0.225 e. The van der Waals surface area contributed by atoms with Crippen LogP contribution >= 0.6 is 0 Å². The predicted molar refractivity (Wildman–Crippen MR) is 138 cm³/mol. The molecule has 1 aliphatic carbocycles. The number of H-pyrrole nitrogens is 1. The first-order chi connectivity index (χ1) is 16.1. The van der Waals surface area contributed by atoms with Gasteiger partial charge in [-0.1, -0.05) is 24.3 Å². The number of anilines is 2. The van der Waals surface area contributed by atoms with E-state index in [9.17, 15) is 0 Å². The Labute approximate surface area is 195 Å². The van der Waals surface area contributed by atoms with Gasteiger partial charge in [0.2, 0.25) is 5.95 Å². The number of nitrogens with one attached hydrogen (secondary N) is 3. The number of para-hydroxylation sites is 1. The molecule has 3 N–H and O–H groups in total. The Morgan fingerprint density at radius 2 is 1.82 bits per heavy atom. The average molecular weight is 443 g/mol. The van der Waals surface area contributed by atoms with Crippen molar-refractivity contribution in [1.29, 1.82) is 0 Å². The summed E-state index contributed by atoms with van der Waals surface area (Å²) < 4.78 is 0. The lowest BCUT2D eigenvalue weighted by Crippen LogP contribution is -2.31. The number of hydrogen-bond donors (Lipinski definition) is 3. The Kier molecular flexibility index (Phi) is 6.18. The summed E-state index contributed by atoms with van der Waals surface area (Å²) in [6.45, 7) is 4.12. The average Bonchev–Trinajstić information content (AvgIpc) is 3.21. The highest BCUT2D eigenvalue weighted by atomic mass is 15.2. The van der Waals surface area contributed by atoms with Crippen LogP contribution < -0.4 is 15.5 Å². The number of aromatic amines is 1. The van der Waals surface area contributed by atoms with Crippen LogP contribution in [0.3, 0.4) is 0 Å². The van der Waals surface area contributed by atoms with Gasteiger partial charge in [-0.3, -0.25) is 0 Å². The lowest BCUT2D eigenvalue weighted by atomic mass is 9.86. The van der Waals surface area contributed by atoms with E-state index in [1.165, 1.54) is 34.9 Å². The fourth-order valence-corrected chi connectivity index (χ4v) is 5.02. The number of hydrogen-bond acceptors (Lipinski definition) is 5. The van der Waals surface area contributed by atoms with Gasteiger partial charge in [0.1, 0.15) is 5.82 Å². The van der Waals surface area contributed by atoms with E-state index in [0.717, 1.165) is 54.5 Å². The van der Waals surface area contributed by atoms with Crippen LogP contribution in [0.25, 0.3) is 21.8 Å². The van der Waals surface area contributed by atoms with Crippen molar-refractivity contribution in [2.75, 3.05) is 30.9 Å². The lowest BCUT2D eigenvalue weighted by molar-refractivity contribution is 0.324. The molecule has 6 heteroatoms. The van der Waals surface area contributed by atoms with Crippen molar-refractivity contribution in [2.24, 2.45) is 5.92 Å². The van der Waals surface area contributed by atoms with Gasteiger partial charge in [-0.2, -0.15) is 4.98 Å². The quantitative estimate of drug-likeness (QED) is 0.365. The minimum Gasteiger partial charge on any atom is -0.362 e. The van der Waals surface area contributed by atoms with Crippen LogP contribution in [0.4, 0.5) is 11.8 Å². The van der Waals surface area contributed by atoms with E-state index in [2.05, 4.69) is 64.0 Å². The van der Waals surface area contributed by atoms with Crippen molar-refractivity contribution in [3.63, 3.8) is 0 Å². The van der Waals surface area contributed by atoms with Crippen molar-refractivity contribution in [3.05, 3.63) is 59.8 Å². The van der Waals surface area contributed by atoms with Gasteiger partial charge in [-0.25, -0.2) is 4.98 Å².